The first-order valence-electron chi connectivity index (χ1n) is 6.10. The maximum absolute atomic E-state index is 5.11. The van der Waals surface area contributed by atoms with Gasteiger partial charge in [-0.2, -0.15) is 0 Å². The SMILES string of the molecule is COCC(C)CNCC1CCN(C)CC1. The summed E-state index contributed by atoms with van der Waals surface area (Å²) in [4.78, 5) is 2.42. The lowest BCUT2D eigenvalue weighted by Gasteiger charge is -2.29. The van der Waals surface area contributed by atoms with Gasteiger partial charge in [-0.1, -0.05) is 6.92 Å². The number of nitrogens with zero attached hydrogens (tertiary/aromatic N) is 1. The molecular weight excluding hydrogens is 188 g/mol. The minimum absolute atomic E-state index is 0.626. The molecule has 0 radical (unpaired) electrons. The van der Waals surface area contributed by atoms with Crippen molar-refractivity contribution in [1.29, 1.82) is 0 Å². The summed E-state index contributed by atoms with van der Waals surface area (Å²) < 4.78 is 5.11. The molecule has 3 nitrogen and oxygen atoms in total. The van der Waals surface area contributed by atoms with E-state index in [4.69, 9.17) is 4.74 Å². The van der Waals surface area contributed by atoms with E-state index in [1.807, 2.05) is 0 Å². The molecule has 0 aromatic carbocycles. The van der Waals surface area contributed by atoms with Gasteiger partial charge in [-0.25, -0.2) is 0 Å². The number of hydrogen-bond donors (Lipinski definition) is 1. The van der Waals surface area contributed by atoms with Gasteiger partial charge in [-0.15, -0.1) is 0 Å². The molecule has 0 aromatic heterocycles. The van der Waals surface area contributed by atoms with Crippen molar-refractivity contribution >= 4 is 0 Å². The molecule has 0 amide bonds. The quantitative estimate of drug-likeness (QED) is 0.719. The van der Waals surface area contributed by atoms with Gasteiger partial charge < -0.3 is 15.0 Å². The molecule has 3 heteroatoms. The summed E-state index contributed by atoms with van der Waals surface area (Å²) in [6, 6.07) is 0. The molecule has 1 heterocycles. The molecule has 1 rings (SSSR count). The average molecular weight is 214 g/mol. The standard InChI is InChI=1S/C12H26N2O/c1-11(10-15-3)8-13-9-12-4-6-14(2)7-5-12/h11-13H,4-10H2,1-3H3. The van der Waals surface area contributed by atoms with Crippen molar-refractivity contribution < 1.29 is 4.74 Å². The number of piperidine rings is 1. The Hall–Kier alpha value is -0.120. The molecule has 0 spiro atoms. The van der Waals surface area contributed by atoms with Crippen LogP contribution >= 0.6 is 0 Å². The molecule has 0 aromatic rings. The van der Waals surface area contributed by atoms with Crippen LogP contribution in [0.3, 0.4) is 0 Å². The number of methoxy groups -OCH3 is 1. The fourth-order valence-corrected chi connectivity index (χ4v) is 2.14. The van der Waals surface area contributed by atoms with E-state index in [0.717, 1.165) is 19.1 Å². The molecule has 0 saturated carbocycles. The molecule has 15 heavy (non-hydrogen) atoms. The fourth-order valence-electron chi connectivity index (χ4n) is 2.14. The first-order valence-corrected chi connectivity index (χ1v) is 6.10. The molecule has 0 bridgehead atoms. The van der Waals surface area contributed by atoms with Crippen molar-refractivity contribution in [3.8, 4) is 0 Å². The highest BCUT2D eigenvalue weighted by Crippen LogP contribution is 2.14. The van der Waals surface area contributed by atoms with Crippen LogP contribution in [0.2, 0.25) is 0 Å². The van der Waals surface area contributed by atoms with Crippen LogP contribution in [0.25, 0.3) is 0 Å². The van der Waals surface area contributed by atoms with Crippen LogP contribution in [0.4, 0.5) is 0 Å². The lowest BCUT2D eigenvalue weighted by molar-refractivity contribution is 0.155. The van der Waals surface area contributed by atoms with E-state index < -0.39 is 0 Å². The average Bonchev–Trinajstić information content (AvgIpc) is 2.21. The van der Waals surface area contributed by atoms with E-state index in [2.05, 4.69) is 24.2 Å². The normalized spacial score (nSPS) is 21.8. The third kappa shape index (κ3) is 5.50. The zero-order valence-electron chi connectivity index (χ0n) is 10.5. The van der Waals surface area contributed by atoms with Gasteiger partial charge in [-0.3, -0.25) is 0 Å². The zero-order chi connectivity index (χ0) is 11.1. The molecule has 1 atom stereocenters. The predicted octanol–water partition coefficient (Wildman–Crippen LogP) is 1.20. The second-order valence-electron chi connectivity index (χ2n) is 4.97. The van der Waals surface area contributed by atoms with Gasteiger partial charge in [0.05, 0.1) is 0 Å². The van der Waals surface area contributed by atoms with Crippen LogP contribution in [0.15, 0.2) is 0 Å². The number of nitrogens with one attached hydrogen (secondary N) is 1. The summed E-state index contributed by atoms with van der Waals surface area (Å²) >= 11 is 0. The highest BCUT2D eigenvalue weighted by atomic mass is 16.5. The van der Waals surface area contributed by atoms with Gasteiger partial charge in [0.25, 0.3) is 0 Å². The maximum Gasteiger partial charge on any atom is 0.0499 e. The number of rotatable bonds is 6. The van der Waals surface area contributed by atoms with E-state index >= 15 is 0 Å². The Morgan fingerprint density at radius 1 is 1.40 bits per heavy atom. The van der Waals surface area contributed by atoms with Gasteiger partial charge in [0, 0.05) is 13.7 Å². The van der Waals surface area contributed by atoms with Crippen molar-refractivity contribution in [2.75, 3.05) is 46.9 Å². The summed E-state index contributed by atoms with van der Waals surface area (Å²) in [6.07, 6.45) is 2.70. The monoisotopic (exact) mass is 214 g/mol. The van der Waals surface area contributed by atoms with E-state index in [1.165, 1.54) is 32.5 Å². The Morgan fingerprint density at radius 3 is 2.67 bits per heavy atom. The molecule has 1 aliphatic rings. The minimum atomic E-state index is 0.626. The second kappa shape index (κ2) is 7.20. The summed E-state index contributed by atoms with van der Waals surface area (Å²) in [6.45, 7) is 7.88. The Morgan fingerprint density at radius 2 is 2.07 bits per heavy atom. The van der Waals surface area contributed by atoms with Crippen LogP contribution in [-0.2, 0) is 4.74 Å². The smallest absolute Gasteiger partial charge is 0.0499 e. The maximum atomic E-state index is 5.11. The predicted molar refractivity (Wildman–Crippen MR) is 64.1 cm³/mol. The molecule has 1 saturated heterocycles. The van der Waals surface area contributed by atoms with Crippen LogP contribution in [-0.4, -0.2) is 51.8 Å². The molecule has 90 valence electrons. The van der Waals surface area contributed by atoms with Crippen molar-refractivity contribution in [2.24, 2.45) is 11.8 Å². The highest BCUT2D eigenvalue weighted by Gasteiger charge is 2.16. The van der Waals surface area contributed by atoms with E-state index in [9.17, 15) is 0 Å². The summed E-state index contributed by atoms with van der Waals surface area (Å²) in [5.41, 5.74) is 0. The Kier molecular flexibility index (Phi) is 6.22. The first-order chi connectivity index (χ1) is 7.22. The fraction of sp³-hybridized carbons (Fsp3) is 1.00. The van der Waals surface area contributed by atoms with Crippen molar-refractivity contribution in [2.45, 2.75) is 19.8 Å². The van der Waals surface area contributed by atoms with Crippen LogP contribution in [0.5, 0.6) is 0 Å². The van der Waals surface area contributed by atoms with Crippen molar-refractivity contribution in [3.05, 3.63) is 0 Å². The van der Waals surface area contributed by atoms with Gasteiger partial charge in [0.1, 0.15) is 0 Å². The van der Waals surface area contributed by atoms with E-state index in [-0.39, 0.29) is 0 Å². The molecule has 0 aliphatic carbocycles. The number of hydrogen-bond acceptors (Lipinski definition) is 3. The van der Waals surface area contributed by atoms with Gasteiger partial charge in [-0.05, 0) is 57.9 Å². The minimum Gasteiger partial charge on any atom is -0.384 e. The second-order valence-corrected chi connectivity index (χ2v) is 4.97. The summed E-state index contributed by atoms with van der Waals surface area (Å²) in [5.74, 6) is 1.51. The topological polar surface area (TPSA) is 24.5 Å². The number of ether oxygens (including phenoxy) is 1. The third-order valence-corrected chi connectivity index (χ3v) is 3.22. The molecule has 1 N–H and O–H groups in total. The lowest BCUT2D eigenvalue weighted by atomic mass is 9.97. The molecule has 1 unspecified atom stereocenters. The number of likely N-dealkylation sites (tertiary alicyclic amines) is 1. The molecule has 1 aliphatic heterocycles. The largest absolute Gasteiger partial charge is 0.384 e. The third-order valence-electron chi connectivity index (χ3n) is 3.22. The van der Waals surface area contributed by atoms with Gasteiger partial charge in [0.15, 0.2) is 0 Å². The first kappa shape index (κ1) is 12.9. The Labute approximate surface area is 94.2 Å². The van der Waals surface area contributed by atoms with Crippen LogP contribution < -0.4 is 5.32 Å². The zero-order valence-corrected chi connectivity index (χ0v) is 10.5. The summed E-state index contributed by atoms with van der Waals surface area (Å²) in [7, 11) is 3.98. The molecule has 1 fully saturated rings. The highest BCUT2D eigenvalue weighted by molar-refractivity contribution is 4.72. The van der Waals surface area contributed by atoms with Crippen LogP contribution in [0, 0.1) is 11.8 Å². The van der Waals surface area contributed by atoms with Crippen molar-refractivity contribution in [1.82, 2.24) is 10.2 Å². The lowest BCUT2D eigenvalue weighted by Crippen LogP contribution is -2.36. The summed E-state index contributed by atoms with van der Waals surface area (Å²) in [5, 5.41) is 3.56. The van der Waals surface area contributed by atoms with Gasteiger partial charge >= 0.3 is 0 Å². The van der Waals surface area contributed by atoms with Gasteiger partial charge in [0.2, 0.25) is 0 Å². The Balaban J connectivity index is 2.00. The van der Waals surface area contributed by atoms with Crippen LogP contribution in [0.1, 0.15) is 19.8 Å². The van der Waals surface area contributed by atoms with Crippen molar-refractivity contribution in [3.63, 3.8) is 0 Å². The van der Waals surface area contributed by atoms with E-state index in [1.54, 1.807) is 7.11 Å². The van der Waals surface area contributed by atoms with E-state index in [0.29, 0.717) is 5.92 Å². The molecular formula is C12H26N2O. The Bertz CT molecular complexity index is 156.